The first kappa shape index (κ1) is 15.9. The second-order valence-electron chi connectivity index (χ2n) is 4.33. The molecule has 2 rings (SSSR count). The first-order valence-corrected chi connectivity index (χ1v) is 8.05. The molecule has 0 aliphatic heterocycles. The van der Waals surface area contributed by atoms with Crippen molar-refractivity contribution in [1.82, 2.24) is 4.57 Å². The maximum atomic E-state index is 13.7. The van der Waals surface area contributed by atoms with Gasteiger partial charge in [0, 0.05) is 36.0 Å². The standard InChI is InChI=1S/C12H12BrF2N3O2S/c1-18-6-9(4-8(18)5-16)21(19,20)17-12-10(13)2-7(14)3-11(12)15/h2-4,6,17H,5,16H2,1H3. The van der Waals surface area contributed by atoms with Crippen molar-refractivity contribution in [2.75, 3.05) is 4.72 Å². The minimum absolute atomic E-state index is 0.0291. The smallest absolute Gasteiger partial charge is 0.263 e. The van der Waals surface area contributed by atoms with Crippen molar-refractivity contribution in [2.45, 2.75) is 11.4 Å². The Morgan fingerprint density at radius 1 is 1.33 bits per heavy atom. The van der Waals surface area contributed by atoms with Gasteiger partial charge >= 0.3 is 0 Å². The van der Waals surface area contributed by atoms with Crippen LogP contribution in [-0.4, -0.2) is 13.0 Å². The number of anilines is 1. The van der Waals surface area contributed by atoms with Crippen molar-refractivity contribution in [1.29, 1.82) is 0 Å². The number of nitrogens with zero attached hydrogens (tertiary/aromatic N) is 1. The number of halogens is 3. The molecule has 1 heterocycles. The summed E-state index contributed by atoms with van der Waals surface area (Å²) in [5.41, 5.74) is 5.73. The Kier molecular flexibility index (Phi) is 4.35. The highest BCUT2D eigenvalue weighted by atomic mass is 79.9. The fourth-order valence-electron chi connectivity index (χ4n) is 1.76. The number of aryl methyl sites for hydroxylation is 1. The van der Waals surface area contributed by atoms with Crippen LogP contribution in [0, 0.1) is 11.6 Å². The molecular weight excluding hydrogens is 368 g/mol. The minimum Gasteiger partial charge on any atom is -0.352 e. The highest BCUT2D eigenvalue weighted by Gasteiger charge is 2.21. The number of aromatic nitrogens is 1. The lowest BCUT2D eigenvalue weighted by atomic mass is 10.3. The summed E-state index contributed by atoms with van der Waals surface area (Å²) < 4.78 is 54.8. The van der Waals surface area contributed by atoms with Gasteiger partial charge in [-0.25, -0.2) is 17.2 Å². The van der Waals surface area contributed by atoms with Crippen molar-refractivity contribution in [3.05, 3.63) is 46.2 Å². The van der Waals surface area contributed by atoms with Crippen LogP contribution >= 0.6 is 15.9 Å². The quantitative estimate of drug-likeness (QED) is 0.855. The Bertz CT molecular complexity index is 767. The van der Waals surface area contributed by atoms with E-state index in [-0.39, 0.29) is 21.6 Å². The molecule has 2 aromatic rings. The van der Waals surface area contributed by atoms with Gasteiger partial charge in [0.1, 0.15) is 10.7 Å². The van der Waals surface area contributed by atoms with E-state index in [1.165, 1.54) is 12.3 Å². The Morgan fingerprint density at radius 3 is 2.52 bits per heavy atom. The molecule has 0 aliphatic carbocycles. The van der Waals surface area contributed by atoms with Crippen LogP contribution in [0.15, 0.2) is 33.8 Å². The van der Waals surface area contributed by atoms with Crippen LogP contribution in [0.4, 0.5) is 14.5 Å². The summed E-state index contributed by atoms with van der Waals surface area (Å²) in [6, 6.07) is 2.95. The van der Waals surface area contributed by atoms with Gasteiger partial charge in [0.15, 0.2) is 5.82 Å². The van der Waals surface area contributed by atoms with Crippen molar-refractivity contribution in [2.24, 2.45) is 12.8 Å². The average molecular weight is 380 g/mol. The lowest BCUT2D eigenvalue weighted by Crippen LogP contribution is -2.14. The highest BCUT2D eigenvalue weighted by molar-refractivity contribution is 9.10. The van der Waals surface area contributed by atoms with Crippen LogP contribution in [0.3, 0.4) is 0 Å². The highest BCUT2D eigenvalue weighted by Crippen LogP contribution is 2.29. The molecule has 21 heavy (non-hydrogen) atoms. The predicted octanol–water partition coefficient (Wildman–Crippen LogP) is 2.33. The second-order valence-corrected chi connectivity index (χ2v) is 6.87. The van der Waals surface area contributed by atoms with Gasteiger partial charge < -0.3 is 10.3 Å². The van der Waals surface area contributed by atoms with E-state index in [1.54, 1.807) is 11.6 Å². The van der Waals surface area contributed by atoms with Crippen LogP contribution in [0.5, 0.6) is 0 Å². The molecule has 114 valence electrons. The monoisotopic (exact) mass is 379 g/mol. The maximum Gasteiger partial charge on any atom is 0.263 e. The number of sulfonamides is 1. The van der Waals surface area contributed by atoms with Crippen LogP contribution in [0.1, 0.15) is 5.69 Å². The molecule has 0 saturated carbocycles. The molecule has 0 amide bonds. The van der Waals surface area contributed by atoms with Gasteiger partial charge in [-0.3, -0.25) is 4.72 Å². The molecule has 5 nitrogen and oxygen atoms in total. The Morgan fingerprint density at radius 2 is 2.00 bits per heavy atom. The molecule has 0 atom stereocenters. The molecule has 0 fully saturated rings. The Balaban J connectivity index is 2.42. The first-order valence-electron chi connectivity index (χ1n) is 5.77. The number of hydrogen-bond donors (Lipinski definition) is 2. The molecule has 1 aromatic carbocycles. The van der Waals surface area contributed by atoms with Gasteiger partial charge in [0.05, 0.1) is 5.69 Å². The van der Waals surface area contributed by atoms with Gasteiger partial charge in [0.25, 0.3) is 10.0 Å². The van der Waals surface area contributed by atoms with E-state index in [1.807, 2.05) is 0 Å². The van der Waals surface area contributed by atoms with Crippen molar-refractivity contribution >= 4 is 31.6 Å². The van der Waals surface area contributed by atoms with Crippen LogP contribution in [0.2, 0.25) is 0 Å². The lowest BCUT2D eigenvalue weighted by molar-refractivity contribution is 0.581. The van der Waals surface area contributed by atoms with E-state index in [0.717, 1.165) is 6.07 Å². The van der Waals surface area contributed by atoms with E-state index in [4.69, 9.17) is 5.73 Å². The van der Waals surface area contributed by atoms with Crippen LogP contribution < -0.4 is 10.5 Å². The average Bonchev–Trinajstić information content (AvgIpc) is 2.76. The summed E-state index contributed by atoms with van der Waals surface area (Å²) in [4.78, 5) is -0.0546. The summed E-state index contributed by atoms with van der Waals surface area (Å²) in [5, 5.41) is 0. The summed E-state index contributed by atoms with van der Waals surface area (Å²) >= 11 is 2.92. The van der Waals surface area contributed by atoms with Crippen LogP contribution in [0.25, 0.3) is 0 Å². The van der Waals surface area contributed by atoms with Gasteiger partial charge in [-0.1, -0.05) is 0 Å². The summed E-state index contributed by atoms with van der Waals surface area (Å²) in [6.07, 6.45) is 1.36. The van der Waals surface area contributed by atoms with E-state index < -0.39 is 21.7 Å². The van der Waals surface area contributed by atoms with E-state index in [2.05, 4.69) is 20.7 Å². The zero-order valence-electron chi connectivity index (χ0n) is 10.9. The zero-order valence-corrected chi connectivity index (χ0v) is 13.3. The van der Waals surface area contributed by atoms with Crippen molar-refractivity contribution in [3.63, 3.8) is 0 Å². The maximum absolute atomic E-state index is 13.7. The fraction of sp³-hybridized carbons (Fsp3) is 0.167. The number of nitrogens with two attached hydrogens (primary N) is 1. The van der Waals surface area contributed by atoms with Crippen molar-refractivity contribution in [3.8, 4) is 0 Å². The molecule has 3 N–H and O–H groups in total. The Labute approximate surface area is 128 Å². The number of rotatable bonds is 4. The second kappa shape index (κ2) is 5.74. The van der Waals surface area contributed by atoms with Gasteiger partial charge in [-0.15, -0.1) is 0 Å². The fourth-order valence-corrected chi connectivity index (χ4v) is 3.58. The van der Waals surface area contributed by atoms with Gasteiger partial charge in [-0.05, 0) is 28.1 Å². The van der Waals surface area contributed by atoms with Gasteiger partial charge in [-0.2, -0.15) is 0 Å². The molecule has 0 saturated heterocycles. The van der Waals surface area contributed by atoms with Gasteiger partial charge in [0.2, 0.25) is 0 Å². The molecule has 0 aliphatic rings. The number of benzene rings is 1. The number of nitrogens with one attached hydrogen (secondary N) is 1. The molecule has 0 spiro atoms. The predicted molar refractivity (Wildman–Crippen MR) is 78.2 cm³/mol. The molecular formula is C12H12BrF2N3O2S. The molecule has 0 unspecified atom stereocenters. The molecule has 0 radical (unpaired) electrons. The summed E-state index contributed by atoms with van der Waals surface area (Å²) in [6.45, 7) is 0.167. The molecule has 0 bridgehead atoms. The molecule has 9 heteroatoms. The zero-order chi connectivity index (χ0) is 15.8. The molecule has 1 aromatic heterocycles. The third-order valence-electron chi connectivity index (χ3n) is 2.85. The SMILES string of the molecule is Cn1cc(S(=O)(=O)Nc2c(F)cc(F)cc2Br)cc1CN. The first-order chi connectivity index (χ1) is 9.74. The van der Waals surface area contributed by atoms with E-state index in [9.17, 15) is 17.2 Å². The topological polar surface area (TPSA) is 77.1 Å². The van der Waals surface area contributed by atoms with Crippen LogP contribution in [-0.2, 0) is 23.6 Å². The normalized spacial score (nSPS) is 11.7. The van der Waals surface area contributed by atoms with Crippen molar-refractivity contribution < 1.29 is 17.2 Å². The van der Waals surface area contributed by atoms with E-state index >= 15 is 0 Å². The lowest BCUT2D eigenvalue weighted by Gasteiger charge is -2.09. The number of hydrogen-bond acceptors (Lipinski definition) is 3. The minimum atomic E-state index is -4.00. The largest absolute Gasteiger partial charge is 0.352 e. The Hall–Kier alpha value is -1.45. The third-order valence-corrected chi connectivity index (χ3v) is 4.79. The third kappa shape index (κ3) is 3.25. The summed E-state index contributed by atoms with van der Waals surface area (Å²) in [7, 11) is -2.35. The summed E-state index contributed by atoms with van der Waals surface area (Å²) in [5.74, 6) is -1.83. The van der Waals surface area contributed by atoms with E-state index in [0.29, 0.717) is 11.8 Å².